The van der Waals surface area contributed by atoms with Gasteiger partial charge in [0, 0.05) is 37.3 Å². The second-order valence-corrected chi connectivity index (χ2v) is 6.76. The molecule has 7 heteroatoms. The summed E-state index contributed by atoms with van der Waals surface area (Å²) in [6, 6.07) is 8.32. The molecule has 5 nitrogen and oxygen atoms in total. The van der Waals surface area contributed by atoms with Crippen molar-refractivity contribution >= 4 is 45.6 Å². The van der Waals surface area contributed by atoms with Crippen LogP contribution in [0.4, 0.5) is 11.6 Å². The number of rotatable bonds is 3. The lowest BCUT2D eigenvalue weighted by Crippen LogP contribution is -2.47. The standard InChI is InChI=1S/C17H19N5S.ClH/c1-2-13-11-14-16(19-12-20-17(14)23-13)22-9-7-21(8-10-22)15-5-3-4-6-18-15;/h3-6,11-12H,2,7-10H2,1H3;1H. The third kappa shape index (κ3) is 3.16. The Balaban J connectivity index is 0.00000169. The first kappa shape index (κ1) is 16.9. The quantitative estimate of drug-likeness (QED) is 0.715. The predicted octanol–water partition coefficient (Wildman–Crippen LogP) is 3.40. The summed E-state index contributed by atoms with van der Waals surface area (Å²) >= 11 is 1.77. The highest BCUT2D eigenvalue weighted by Gasteiger charge is 2.21. The average molecular weight is 362 g/mol. The molecule has 4 rings (SSSR count). The van der Waals surface area contributed by atoms with Crippen LogP contribution in [-0.4, -0.2) is 41.1 Å². The van der Waals surface area contributed by atoms with Gasteiger partial charge in [-0.3, -0.25) is 0 Å². The number of hydrogen-bond donors (Lipinski definition) is 0. The van der Waals surface area contributed by atoms with E-state index < -0.39 is 0 Å². The van der Waals surface area contributed by atoms with E-state index in [9.17, 15) is 0 Å². The molecule has 0 radical (unpaired) electrons. The summed E-state index contributed by atoms with van der Waals surface area (Å²) in [7, 11) is 0. The van der Waals surface area contributed by atoms with E-state index in [0.717, 1.165) is 49.1 Å². The van der Waals surface area contributed by atoms with Gasteiger partial charge in [-0.05, 0) is 24.6 Å². The molecule has 3 aromatic heterocycles. The van der Waals surface area contributed by atoms with Gasteiger partial charge in [0.25, 0.3) is 0 Å². The van der Waals surface area contributed by atoms with E-state index in [-0.39, 0.29) is 12.4 Å². The van der Waals surface area contributed by atoms with Crippen LogP contribution in [0.2, 0.25) is 0 Å². The number of nitrogens with zero attached hydrogens (tertiary/aromatic N) is 5. The second-order valence-electron chi connectivity index (χ2n) is 5.64. The fraction of sp³-hybridized carbons (Fsp3) is 0.353. The van der Waals surface area contributed by atoms with Gasteiger partial charge in [0.05, 0.1) is 5.39 Å². The third-order valence-electron chi connectivity index (χ3n) is 4.26. The van der Waals surface area contributed by atoms with Crippen molar-refractivity contribution in [3.63, 3.8) is 0 Å². The minimum absolute atomic E-state index is 0. The fourth-order valence-electron chi connectivity index (χ4n) is 3.01. The highest BCUT2D eigenvalue weighted by atomic mass is 35.5. The molecule has 0 N–H and O–H groups in total. The fourth-order valence-corrected chi connectivity index (χ4v) is 3.94. The first-order chi connectivity index (χ1) is 11.3. The van der Waals surface area contributed by atoms with Crippen LogP contribution in [0.3, 0.4) is 0 Å². The van der Waals surface area contributed by atoms with Gasteiger partial charge >= 0.3 is 0 Å². The van der Waals surface area contributed by atoms with Gasteiger partial charge in [0.15, 0.2) is 0 Å². The van der Waals surface area contributed by atoms with Crippen LogP contribution in [0.25, 0.3) is 10.2 Å². The summed E-state index contributed by atoms with van der Waals surface area (Å²) in [5.74, 6) is 2.13. The zero-order valence-electron chi connectivity index (χ0n) is 13.6. The molecule has 4 heterocycles. The summed E-state index contributed by atoms with van der Waals surface area (Å²) < 4.78 is 0. The lowest BCUT2D eigenvalue weighted by molar-refractivity contribution is 0.643. The second kappa shape index (κ2) is 7.32. The molecule has 0 saturated carbocycles. The summed E-state index contributed by atoms with van der Waals surface area (Å²) in [6.45, 7) is 6.03. The van der Waals surface area contributed by atoms with Crippen molar-refractivity contribution in [2.75, 3.05) is 36.0 Å². The Labute approximate surface area is 151 Å². The van der Waals surface area contributed by atoms with Crippen molar-refractivity contribution in [3.8, 4) is 0 Å². The Morgan fingerprint density at radius 3 is 2.54 bits per heavy atom. The van der Waals surface area contributed by atoms with Gasteiger partial charge in [0.1, 0.15) is 22.8 Å². The molecular weight excluding hydrogens is 342 g/mol. The number of aryl methyl sites for hydroxylation is 1. The lowest BCUT2D eigenvalue weighted by atomic mass is 10.2. The van der Waals surface area contributed by atoms with Gasteiger partial charge in [-0.2, -0.15) is 0 Å². The maximum Gasteiger partial charge on any atom is 0.140 e. The lowest BCUT2D eigenvalue weighted by Gasteiger charge is -2.36. The monoisotopic (exact) mass is 361 g/mol. The largest absolute Gasteiger partial charge is 0.353 e. The molecule has 3 aromatic rings. The van der Waals surface area contributed by atoms with Crippen molar-refractivity contribution in [1.82, 2.24) is 15.0 Å². The Hall–Kier alpha value is -1.92. The molecule has 1 aliphatic rings. The summed E-state index contributed by atoms with van der Waals surface area (Å²) in [5.41, 5.74) is 0. The van der Waals surface area contributed by atoms with E-state index in [2.05, 4.69) is 43.8 Å². The van der Waals surface area contributed by atoms with Crippen molar-refractivity contribution in [3.05, 3.63) is 41.7 Å². The number of anilines is 2. The van der Waals surface area contributed by atoms with Crippen LogP contribution < -0.4 is 9.80 Å². The zero-order valence-corrected chi connectivity index (χ0v) is 15.2. The molecule has 126 valence electrons. The van der Waals surface area contributed by atoms with Crippen molar-refractivity contribution in [2.24, 2.45) is 0 Å². The van der Waals surface area contributed by atoms with E-state index in [0.29, 0.717) is 0 Å². The summed E-state index contributed by atoms with van der Waals surface area (Å²) in [4.78, 5) is 20.6. The third-order valence-corrected chi connectivity index (χ3v) is 5.45. The van der Waals surface area contributed by atoms with Crippen molar-refractivity contribution in [1.29, 1.82) is 0 Å². The molecule has 0 amide bonds. The number of piperazine rings is 1. The molecule has 0 unspecified atom stereocenters. The topological polar surface area (TPSA) is 45.2 Å². The van der Waals surface area contributed by atoms with E-state index in [1.807, 2.05) is 18.3 Å². The number of halogens is 1. The highest BCUT2D eigenvalue weighted by molar-refractivity contribution is 7.18. The SMILES string of the molecule is CCc1cc2c(N3CCN(c4ccccn4)CC3)ncnc2s1.Cl. The van der Waals surface area contributed by atoms with Crippen LogP contribution in [0, 0.1) is 0 Å². The van der Waals surface area contributed by atoms with E-state index in [1.165, 1.54) is 10.3 Å². The van der Waals surface area contributed by atoms with Crippen LogP contribution in [-0.2, 0) is 6.42 Å². The molecule has 1 aliphatic heterocycles. The van der Waals surface area contributed by atoms with Gasteiger partial charge in [0.2, 0.25) is 0 Å². The van der Waals surface area contributed by atoms with Crippen LogP contribution in [0.5, 0.6) is 0 Å². The molecule has 24 heavy (non-hydrogen) atoms. The van der Waals surface area contributed by atoms with Gasteiger partial charge in [-0.15, -0.1) is 23.7 Å². The molecule has 1 fully saturated rings. The molecule has 1 saturated heterocycles. The van der Waals surface area contributed by atoms with Gasteiger partial charge < -0.3 is 9.80 Å². The Morgan fingerprint density at radius 1 is 1.04 bits per heavy atom. The summed E-state index contributed by atoms with van der Waals surface area (Å²) in [6.07, 6.45) is 4.60. The maximum atomic E-state index is 4.56. The van der Waals surface area contributed by atoms with Crippen molar-refractivity contribution < 1.29 is 0 Å². The molecule has 0 atom stereocenters. The molecule has 0 spiro atoms. The predicted molar refractivity (Wildman–Crippen MR) is 103 cm³/mol. The Kier molecular flexibility index (Phi) is 5.16. The molecule has 0 bridgehead atoms. The molecule has 0 aliphatic carbocycles. The zero-order chi connectivity index (χ0) is 15.6. The summed E-state index contributed by atoms with van der Waals surface area (Å²) in [5, 5.41) is 1.20. The van der Waals surface area contributed by atoms with E-state index in [4.69, 9.17) is 0 Å². The number of hydrogen-bond acceptors (Lipinski definition) is 6. The maximum absolute atomic E-state index is 4.56. The minimum Gasteiger partial charge on any atom is -0.353 e. The number of fused-ring (bicyclic) bond motifs is 1. The Bertz CT molecular complexity index is 799. The Morgan fingerprint density at radius 2 is 1.83 bits per heavy atom. The smallest absolute Gasteiger partial charge is 0.140 e. The van der Waals surface area contributed by atoms with Crippen LogP contribution in [0.1, 0.15) is 11.8 Å². The first-order valence-corrected chi connectivity index (χ1v) is 8.81. The van der Waals surface area contributed by atoms with Crippen LogP contribution >= 0.6 is 23.7 Å². The van der Waals surface area contributed by atoms with E-state index in [1.54, 1.807) is 17.7 Å². The molecule has 0 aromatic carbocycles. The first-order valence-electron chi connectivity index (χ1n) is 7.99. The average Bonchev–Trinajstić information content (AvgIpc) is 3.06. The number of aromatic nitrogens is 3. The normalized spacial score (nSPS) is 14.7. The van der Waals surface area contributed by atoms with Gasteiger partial charge in [-0.1, -0.05) is 13.0 Å². The number of thiophene rings is 1. The van der Waals surface area contributed by atoms with Gasteiger partial charge in [-0.25, -0.2) is 15.0 Å². The highest BCUT2D eigenvalue weighted by Crippen LogP contribution is 2.31. The van der Waals surface area contributed by atoms with E-state index >= 15 is 0 Å². The number of pyridine rings is 1. The minimum atomic E-state index is 0. The van der Waals surface area contributed by atoms with Crippen molar-refractivity contribution in [2.45, 2.75) is 13.3 Å². The van der Waals surface area contributed by atoms with Crippen LogP contribution in [0.15, 0.2) is 36.8 Å². The molecular formula is C17H20ClN5S.